The second kappa shape index (κ2) is 14.2. The predicted octanol–water partition coefficient (Wildman–Crippen LogP) is 2.76. The minimum absolute atomic E-state index is 0.0353. The molecule has 2 aliphatic heterocycles. The van der Waals surface area contributed by atoms with Gasteiger partial charge in [0.25, 0.3) is 11.8 Å². The van der Waals surface area contributed by atoms with Gasteiger partial charge in [0.15, 0.2) is 12.4 Å². The molecule has 0 unspecified atom stereocenters. The van der Waals surface area contributed by atoms with Gasteiger partial charge in [0.05, 0.1) is 20.8 Å². The highest BCUT2D eigenvalue weighted by molar-refractivity contribution is 8.01. The maximum atomic E-state index is 13.0. The standard InChI is InChI=1S/C25H21Cl3N4O7S3/c26-14-5-16(28)17(6-15(14)27)41-11-19(34)30-21-23(37)32-22(25(38)39)12(10-42-24(21)32)9-40-13-1-3-31(4-2-13)8-18(33)29-7-20(35)36/h1-6,21,24H,7-11H2,(H3-,29,30,33,34,35,36,38,39)/p+1/t21-,24+/m0/s1. The van der Waals surface area contributed by atoms with Crippen molar-refractivity contribution in [3.8, 4) is 0 Å². The molecule has 4 N–H and O–H groups in total. The van der Waals surface area contributed by atoms with Crippen LogP contribution in [0.2, 0.25) is 15.1 Å². The summed E-state index contributed by atoms with van der Waals surface area (Å²) < 4.78 is 1.58. The fourth-order valence-corrected chi connectivity index (χ4v) is 7.89. The number of hydrogen-bond donors (Lipinski definition) is 4. The molecule has 0 radical (unpaired) electrons. The lowest BCUT2D eigenvalue weighted by atomic mass is 10.0. The Morgan fingerprint density at radius 3 is 2.38 bits per heavy atom. The van der Waals surface area contributed by atoms with Gasteiger partial charge < -0.3 is 20.8 Å². The Morgan fingerprint density at radius 2 is 1.71 bits per heavy atom. The van der Waals surface area contributed by atoms with Crippen molar-refractivity contribution in [2.45, 2.75) is 27.8 Å². The number of rotatable bonds is 12. The normalized spacial score (nSPS) is 17.8. The number of amides is 3. The first-order valence-electron chi connectivity index (χ1n) is 12.0. The molecule has 222 valence electrons. The third kappa shape index (κ3) is 7.85. The summed E-state index contributed by atoms with van der Waals surface area (Å²) in [7, 11) is 0. The molecule has 0 saturated carbocycles. The molecule has 0 spiro atoms. The first kappa shape index (κ1) is 32.3. The molecule has 2 atom stereocenters. The Hall–Kier alpha value is -2.62. The zero-order valence-corrected chi connectivity index (χ0v) is 26.1. The summed E-state index contributed by atoms with van der Waals surface area (Å²) in [5.74, 6) is -3.08. The lowest BCUT2D eigenvalue weighted by Crippen LogP contribution is -2.70. The molecule has 3 amide bonds. The van der Waals surface area contributed by atoms with Gasteiger partial charge in [-0.25, -0.2) is 4.79 Å². The number of β-lactam (4-membered cyclic amide) rings is 1. The molecular formula is C25H22Cl3N4O7S3+. The van der Waals surface area contributed by atoms with Crippen molar-refractivity contribution in [1.29, 1.82) is 0 Å². The lowest BCUT2D eigenvalue weighted by Gasteiger charge is -2.49. The number of carboxylic acid groups (broad SMARTS) is 2. The Morgan fingerprint density at radius 1 is 1.02 bits per heavy atom. The topological polar surface area (TPSA) is 157 Å². The minimum Gasteiger partial charge on any atom is -0.480 e. The number of carbonyl (C=O) groups is 5. The van der Waals surface area contributed by atoms with Crippen molar-refractivity contribution in [2.24, 2.45) is 0 Å². The summed E-state index contributed by atoms with van der Waals surface area (Å²) in [5, 5.41) is 23.9. The molecule has 0 bridgehead atoms. The minimum atomic E-state index is -1.22. The lowest BCUT2D eigenvalue weighted by molar-refractivity contribution is -0.684. The van der Waals surface area contributed by atoms with Gasteiger partial charge >= 0.3 is 11.9 Å². The second-order valence-electron chi connectivity index (χ2n) is 8.86. The van der Waals surface area contributed by atoms with Crippen molar-refractivity contribution >= 4 is 99.7 Å². The maximum absolute atomic E-state index is 13.0. The van der Waals surface area contributed by atoms with Gasteiger partial charge in [0.1, 0.15) is 23.7 Å². The largest absolute Gasteiger partial charge is 0.480 e. The van der Waals surface area contributed by atoms with E-state index in [-0.39, 0.29) is 18.0 Å². The Labute approximate surface area is 267 Å². The molecule has 11 nitrogen and oxygen atoms in total. The van der Waals surface area contributed by atoms with Gasteiger partial charge in [-0.15, -0.1) is 35.3 Å². The molecule has 1 aromatic carbocycles. The highest BCUT2D eigenvalue weighted by Gasteiger charge is 2.54. The van der Waals surface area contributed by atoms with Gasteiger partial charge in [-0.05, 0) is 17.7 Å². The van der Waals surface area contributed by atoms with Crippen LogP contribution < -0.4 is 15.2 Å². The molecule has 1 aromatic heterocycles. The highest BCUT2D eigenvalue weighted by Crippen LogP contribution is 2.42. The molecule has 3 heterocycles. The van der Waals surface area contributed by atoms with E-state index in [0.717, 1.165) is 16.7 Å². The molecule has 4 rings (SSSR count). The summed E-state index contributed by atoms with van der Waals surface area (Å²) in [6.07, 6.45) is 3.31. The van der Waals surface area contributed by atoms with Crippen LogP contribution in [0.1, 0.15) is 0 Å². The average Bonchev–Trinajstić information content (AvgIpc) is 2.95. The number of pyridine rings is 1. The number of nitrogens with one attached hydrogen (secondary N) is 2. The fourth-order valence-electron chi connectivity index (χ4n) is 3.98. The van der Waals surface area contributed by atoms with E-state index in [9.17, 15) is 29.1 Å². The number of nitrogens with zero attached hydrogens (tertiary/aromatic N) is 2. The van der Waals surface area contributed by atoms with Crippen LogP contribution in [-0.4, -0.2) is 80.0 Å². The van der Waals surface area contributed by atoms with Crippen molar-refractivity contribution in [2.75, 3.05) is 23.8 Å². The number of benzene rings is 1. The van der Waals surface area contributed by atoms with Gasteiger partial charge in [-0.2, -0.15) is 4.57 Å². The highest BCUT2D eigenvalue weighted by atomic mass is 35.5. The fraction of sp³-hybridized carbons (Fsp3) is 0.280. The van der Waals surface area contributed by atoms with Gasteiger partial charge in [0, 0.05) is 33.4 Å². The van der Waals surface area contributed by atoms with Crippen molar-refractivity contribution in [3.63, 3.8) is 0 Å². The van der Waals surface area contributed by atoms with Crippen LogP contribution in [0, 0.1) is 0 Å². The van der Waals surface area contributed by atoms with Crippen molar-refractivity contribution < 1.29 is 38.8 Å². The molecule has 1 saturated heterocycles. The Kier molecular flexibility index (Phi) is 10.9. The first-order chi connectivity index (χ1) is 19.9. The van der Waals surface area contributed by atoms with E-state index >= 15 is 0 Å². The molecule has 0 aliphatic carbocycles. The third-order valence-electron chi connectivity index (χ3n) is 5.94. The smallest absolute Gasteiger partial charge is 0.352 e. The van der Waals surface area contributed by atoms with Crippen LogP contribution in [0.25, 0.3) is 0 Å². The summed E-state index contributed by atoms with van der Waals surface area (Å²) in [6.45, 7) is -0.518. The predicted molar refractivity (Wildman–Crippen MR) is 160 cm³/mol. The first-order valence-corrected chi connectivity index (χ1v) is 16.2. The zero-order chi connectivity index (χ0) is 30.6. The van der Waals surface area contributed by atoms with Crippen LogP contribution in [-0.2, 0) is 30.5 Å². The summed E-state index contributed by atoms with van der Waals surface area (Å²) in [6, 6.07) is 5.68. The van der Waals surface area contributed by atoms with Crippen LogP contribution in [0.3, 0.4) is 0 Å². The summed E-state index contributed by atoms with van der Waals surface area (Å²) in [4.78, 5) is 62.6. The van der Waals surface area contributed by atoms with Gasteiger partial charge in [0.2, 0.25) is 12.5 Å². The van der Waals surface area contributed by atoms with Gasteiger partial charge in [-0.1, -0.05) is 34.8 Å². The SMILES string of the molecule is O=C(O)CNC(=O)C[n+]1ccc(SCC2=C(C(=O)O)N3C(=O)[C@H](NC(=O)CSc4cc(Cl)c(Cl)cc4Cl)[C@H]3SC2)cc1. The molecule has 2 aliphatic rings. The van der Waals surface area contributed by atoms with Crippen LogP contribution in [0.15, 0.2) is 57.7 Å². The van der Waals surface area contributed by atoms with Crippen LogP contribution in [0.5, 0.6) is 0 Å². The second-order valence-corrected chi connectivity index (χ2v) is 13.3. The van der Waals surface area contributed by atoms with Crippen molar-refractivity contribution in [3.05, 3.63) is 63.0 Å². The zero-order valence-electron chi connectivity index (χ0n) is 21.3. The number of carbonyl (C=O) groups excluding carboxylic acids is 3. The van der Waals surface area contributed by atoms with E-state index in [1.54, 1.807) is 35.2 Å². The number of carboxylic acids is 2. The van der Waals surface area contributed by atoms with Crippen LogP contribution >= 0.6 is 70.1 Å². The molecule has 2 aromatic rings. The molecule has 42 heavy (non-hydrogen) atoms. The number of thioether (sulfide) groups is 3. The van der Waals surface area contributed by atoms with E-state index < -0.39 is 47.6 Å². The monoisotopic (exact) mass is 691 g/mol. The van der Waals surface area contributed by atoms with Gasteiger partial charge in [-0.3, -0.25) is 24.1 Å². The molecular weight excluding hydrogens is 671 g/mol. The summed E-state index contributed by atoms with van der Waals surface area (Å²) in [5.41, 5.74) is 0.487. The number of hydrogen-bond acceptors (Lipinski definition) is 8. The number of halogens is 3. The quantitative estimate of drug-likeness (QED) is 0.113. The summed E-state index contributed by atoms with van der Waals surface area (Å²) >= 11 is 22.0. The average molecular weight is 693 g/mol. The molecule has 17 heteroatoms. The number of aromatic nitrogens is 1. The third-order valence-corrected chi connectivity index (χ3v) is 10.6. The van der Waals surface area contributed by atoms with E-state index in [2.05, 4.69) is 10.6 Å². The van der Waals surface area contributed by atoms with E-state index in [0.29, 0.717) is 37.0 Å². The van der Waals surface area contributed by atoms with Crippen LogP contribution in [0.4, 0.5) is 0 Å². The van der Waals surface area contributed by atoms with E-state index in [1.165, 1.54) is 34.5 Å². The maximum Gasteiger partial charge on any atom is 0.352 e. The Balaban J connectivity index is 1.33. The number of aliphatic carboxylic acids is 2. The Bertz CT molecular complexity index is 1480. The number of fused-ring (bicyclic) bond motifs is 1. The van der Waals surface area contributed by atoms with E-state index in [4.69, 9.17) is 39.9 Å². The van der Waals surface area contributed by atoms with Crippen molar-refractivity contribution in [1.82, 2.24) is 15.5 Å². The van der Waals surface area contributed by atoms with E-state index in [1.807, 2.05) is 0 Å². The molecule has 1 fully saturated rings.